The zero-order valence-corrected chi connectivity index (χ0v) is 13.3. The topological polar surface area (TPSA) is 67.4 Å². The third-order valence-electron chi connectivity index (χ3n) is 3.12. The maximum Gasteiger partial charge on any atom is 0.224 e. The molecule has 0 saturated carbocycles. The van der Waals surface area contributed by atoms with E-state index in [1.807, 2.05) is 30.3 Å². The van der Waals surface area contributed by atoms with Crippen LogP contribution in [0.1, 0.15) is 19.8 Å². The van der Waals surface area contributed by atoms with Crippen molar-refractivity contribution in [3.8, 4) is 5.75 Å². The highest BCUT2D eigenvalue weighted by Gasteiger charge is 2.09. The Kier molecular flexibility index (Phi) is 6.31. The molecule has 0 aliphatic heterocycles. The number of para-hydroxylation sites is 1. The molecule has 0 aliphatic rings. The predicted molar refractivity (Wildman–Crippen MR) is 90.5 cm³/mol. The summed E-state index contributed by atoms with van der Waals surface area (Å²) in [6.45, 7) is 1.75. The van der Waals surface area contributed by atoms with Gasteiger partial charge in [0.05, 0.1) is 12.3 Å². The third-order valence-corrected chi connectivity index (χ3v) is 3.12. The number of carbonyl (C=O) groups excluding carboxylic acids is 2. The number of amides is 2. The molecule has 2 aromatic carbocycles. The van der Waals surface area contributed by atoms with Gasteiger partial charge in [0.2, 0.25) is 11.8 Å². The SMILES string of the molecule is CC(=O)Nc1ccc(F)c(NC(=O)CCCOc2ccccc2)c1. The number of benzene rings is 2. The Morgan fingerprint density at radius 2 is 1.83 bits per heavy atom. The summed E-state index contributed by atoms with van der Waals surface area (Å²) < 4.78 is 19.2. The molecule has 5 nitrogen and oxygen atoms in total. The monoisotopic (exact) mass is 330 g/mol. The Labute approximate surface area is 139 Å². The van der Waals surface area contributed by atoms with Gasteiger partial charge in [0, 0.05) is 19.0 Å². The van der Waals surface area contributed by atoms with Gasteiger partial charge in [-0.05, 0) is 36.8 Å². The van der Waals surface area contributed by atoms with Gasteiger partial charge in [-0.1, -0.05) is 18.2 Å². The first-order valence-electron chi connectivity index (χ1n) is 7.59. The van der Waals surface area contributed by atoms with E-state index in [1.54, 1.807) is 0 Å². The van der Waals surface area contributed by atoms with Gasteiger partial charge in [-0.3, -0.25) is 9.59 Å². The molecule has 6 heteroatoms. The predicted octanol–water partition coefficient (Wildman–Crippen LogP) is 3.58. The van der Waals surface area contributed by atoms with E-state index in [2.05, 4.69) is 10.6 Å². The van der Waals surface area contributed by atoms with E-state index < -0.39 is 5.82 Å². The number of ether oxygens (including phenoxy) is 1. The van der Waals surface area contributed by atoms with Crippen molar-refractivity contribution in [2.45, 2.75) is 19.8 Å². The minimum atomic E-state index is -0.557. The van der Waals surface area contributed by atoms with Crippen LogP contribution in [0.25, 0.3) is 0 Å². The molecule has 0 heterocycles. The average Bonchev–Trinajstić information content (AvgIpc) is 2.55. The fraction of sp³-hybridized carbons (Fsp3) is 0.222. The van der Waals surface area contributed by atoms with Crippen molar-refractivity contribution in [1.82, 2.24) is 0 Å². The molecule has 0 radical (unpaired) electrons. The fourth-order valence-corrected chi connectivity index (χ4v) is 2.05. The van der Waals surface area contributed by atoms with Crippen LogP contribution in [0.4, 0.5) is 15.8 Å². The number of carbonyl (C=O) groups is 2. The van der Waals surface area contributed by atoms with Gasteiger partial charge in [-0.15, -0.1) is 0 Å². The van der Waals surface area contributed by atoms with E-state index in [0.29, 0.717) is 18.7 Å². The minimum Gasteiger partial charge on any atom is -0.494 e. The smallest absolute Gasteiger partial charge is 0.224 e. The van der Waals surface area contributed by atoms with Crippen LogP contribution in [0.2, 0.25) is 0 Å². The van der Waals surface area contributed by atoms with Crippen LogP contribution in [-0.2, 0) is 9.59 Å². The molecule has 2 amide bonds. The lowest BCUT2D eigenvalue weighted by atomic mass is 10.2. The van der Waals surface area contributed by atoms with Gasteiger partial charge < -0.3 is 15.4 Å². The molecule has 2 N–H and O–H groups in total. The van der Waals surface area contributed by atoms with Crippen LogP contribution < -0.4 is 15.4 Å². The van der Waals surface area contributed by atoms with E-state index >= 15 is 0 Å². The normalized spacial score (nSPS) is 10.1. The van der Waals surface area contributed by atoms with Crippen molar-refractivity contribution < 1.29 is 18.7 Å². The van der Waals surface area contributed by atoms with Crippen LogP contribution in [0.3, 0.4) is 0 Å². The number of nitrogens with one attached hydrogen (secondary N) is 2. The van der Waals surface area contributed by atoms with E-state index in [1.165, 1.54) is 25.1 Å². The van der Waals surface area contributed by atoms with Crippen molar-refractivity contribution >= 4 is 23.2 Å². The molecule has 24 heavy (non-hydrogen) atoms. The minimum absolute atomic E-state index is 0.0372. The summed E-state index contributed by atoms with van der Waals surface area (Å²) in [5, 5.41) is 5.04. The van der Waals surface area contributed by atoms with Gasteiger partial charge in [0.1, 0.15) is 11.6 Å². The van der Waals surface area contributed by atoms with Crippen molar-refractivity contribution in [3.63, 3.8) is 0 Å². The molecule has 2 rings (SSSR count). The number of anilines is 2. The van der Waals surface area contributed by atoms with Crippen LogP contribution >= 0.6 is 0 Å². The Balaban J connectivity index is 1.80. The molecule has 0 spiro atoms. The van der Waals surface area contributed by atoms with Crippen LogP contribution in [0.5, 0.6) is 5.75 Å². The third kappa shape index (κ3) is 5.72. The quantitative estimate of drug-likeness (QED) is 0.763. The van der Waals surface area contributed by atoms with E-state index in [0.717, 1.165) is 5.75 Å². The van der Waals surface area contributed by atoms with E-state index in [9.17, 15) is 14.0 Å². The fourth-order valence-electron chi connectivity index (χ4n) is 2.05. The summed E-state index contributed by atoms with van der Waals surface area (Å²) in [4.78, 5) is 22.9. The largest absolute Gasteiger partial charge is 0.494 e. The number of hydrogen-bond acceptors (Lipinski definition) is 3. The van der Waals surface area contributed by atoms with Crippen LogP contribution in [-0.4, -0.2) is 18.4 Å². The molecule has 0 fully saturated rings. The second kappa shape index (κ2) is 8.67. The maximum absolute atomic E-state index is 13.7. The lowest BCUT2D eigenvalue weighted by molar-refractivity contribution is -0.116. The molecule has 0 saturated heterocycles. The van der Waals surface area contributed by atoms with E-state index in [4.69, 9.17) is 4.74 Å². The Bertz CT molecular complexity index is 705. The molecular weight excluding hydrogens is 311 g/mol. The van der Waals surface area contributed by atoms with Gasteiger partial charge in [0.25, 0.3) is 0 Å². The Morgan fingerprint density at radius 3 is 2.54 bits per heavy atom. The average molecular weight is 330 g/mol. The van der Waals surface area contributed by atoms with Gasteiger partial charge in [-0.2, -0.15) is 0 Å². The zero-order valence-electron chi connectivity index (χ0n) is 13.3. The highest BCUT2D eigenvalue weighted by atomic mass is 19.1. The molecular formula is C18H19FN2O3. The molecule has 0 bridgehead atoms. The summed E-state index contributed by atoms with van der Waals surface area (Å²) in [7, 11) is 0. The van der Waals surface area contributed by atoms with Crippen molar-refractivity contribution in [2.75, 3.05) is 17.2 Å². The number of halogens is 1. The summed E-state index contributed by atoms with van der Waals surface area (Å²) >= 11 is 0. The zero-order chi connectivity index (χ0) is 17.4. The van der Waals surface area contributed by atoms with Crippen LogP contribution in [0.15, 0.2) is 48.5 Å². The highest BCUT2D eigenvalue weighted by Crippen LogP contribution is 2.20. The summed E-state index contributed by atoms with van der Waals surface area (Å²) in [6.07, 6.45) is 0.713. The summed E-state index contributed by atoms with van der Waals surface area (Å²) in [5.74, 6) is -0.396. The Hall–Kier alpha value is -2.89. The second-order valence-corrected chi connectivity index (χ2v) is 5.19. The van der Waals surface area contributed by atoms with Crippen LogP contribution in [0, 0.1) is 5.82 Å². The molecule has 0 aromatic heterocycles. The summed E-state index contributed by atoms with van der Waals surface area (Å²) in [6, 6.07) is 13.3. The highest BCUT2D eigenvalue weighted by molar-refractivity contribution is 5.93. The summed E-state index contributed by atoms with van der Waals surface area (Å²) in [5.41, 5.74) is 0.460. The molecule has 2 aromatic rings. The van der Waals surface area contributed by atoms with Crippen molar-refractivity contribution in [1.29, 1.82) is 0 Å². The standard InChI is InChI=1S/C18H19FN2O3/c1-13(22)20-14-9-10-16(19)17(12-14)21-18(23)8-5-11-24-15-6-3-2-4-7-15/h2-4,6-7,9-10,12H,5,8,11H2,1H3,(H,20,22)(H,21,23). The first kappa shape index (κ1) is 17.5. The first-order chi connectivity index (χ1) is 11.5. The number of hydrogen-bond donors (Lipinski definition) is 2. The first-order valence-corrected chi connectivity index (χ1v) is 7.59. The maximum atomic E-state index is 13.7. The Morgan fingerprint density at radius 1 is 1.08 bits per heavy atom. The van der Waals surface area contributed by atoms with Crippen molar-refractivity contribution in [3.05, 3.63) is 54.3 Å². The molecule has 126 valence electrons. The second-order valence-electron chi connectivity index (χ2n) is 5.19. The number of rotatable bonds is 7. The van der Waals surface area contributed by atoms with Gasteiger partial charge in [-0.25, -0.2) is 4.39 Å². The lowest BCUT2D eigenvalue weighted by Gasteiger charge is -2.09. The van der Waals surface area contributed by atoms with E-state index in [-0.39, 0.29) is 23.9 Å². The molecule has 0 unspecified atom stereocenters. The molecule has 0 atom stereocenters. The van der Waals surface area contributed by atoms with Gasteiger partial charge >= 0.3 is 0 Å². The van der Waals surface area contributed by atoms with Crippen molar-refractivity contribution in [2.24, 2.45) is 0 Å². The molecule has 0 aliphatic carbocycles. The van der Waals surface area contributed by atoms with Gasteiger partial charge in [0.15, 0.2) is 0 Å². The lowest BCUT2D eigenvalue weighted by Crippen LogP contribution is -2.14.